The van der Waals surface area contributed by atoms with Crippen molar-refractivity contribution in [3.8, 4) is 11.1 Å². The Balaban J connectivity index is 1.42. The van der Waals surface area contributed by atoms with Crippen molar-refractivity contribution in [1.82, 2.24) is 30.4 Å². The minimum Gasteiger partial charge on any atom is -0.349 e. The molecule has 0 spiro atoms. The summed E-state index contributed by atoms with van der Waals surface area (Å²) in [7, 11) is 1.93. The van der Waals surface area contributed by atoms with Crippen molar-refractivity contribution in [3.05, 3.63) is 53.0 Å². The van der Waals surface area contributed by atoms with E-state index in [-0.39, 0.29) is 23.5 Å². The van der Waals surface area contributed by atoms with Crippen LogP contribution in [0.2, 0.25) is 5.02 Å². The van der Waals surface area contributed by atoms with Gasteiger partial charge in [-0.3, -0.25) is 9.89 Å². The first-order valence-corrected chi connectivity index (χ1v) is 15.4. The van der Waals surface area contributed by atoms with Crippen LogP contribution in [-0.4, -0.2) is 82.3 Å². The third-order valence-electron chi connectivity index (χ3n) is 9.33. The van der Waals surface area contributed by atoms with Crippen LogP contribution in [0.5, 0.6) is 0 Å². The van der Waals surface area contributed by atoms with Crippen LogP contribution >= 0.6 is 11.6 Å². The van der Waals surface area contributed by atoms with Crippen LogP contribution in [0.3, 0.4) is 0 Å². The number of benzene rings is 2. The molecule has 2 aromatic heterocycles. The van der Waals surface area contributed by atoms with Crippen LogP contribution in [-0.2, 0) is 4.79 Å². The van der Waals surface area contributed by atoms with Crippen LogP contribution < -0.4 is 15.1 Å². The molecule has 2 N–H and O–H groups in total. The number of H-pyrrole nitrogens is 1. The summed E-state index contributed by atoms with van der Waals surface area (Å²) in [5.74, 6) is 0.955. The molecule has 2 saturated heterocycles. The number of fused-ring (bicyclic) bond motifs is 2. The number of hydrogen-bond acceptors (Lipinski definition) is 7. The molecule has 7 rings (SSSR count). The first kappa shape index (κ1) is 28.0. The fraction of sp³-hybridized carbons (Fsp3) is 0.438. The molecule has 0 radical (unpaired) electrons. The van der Waals surface area contributed by atoms with Crippen molar-refractivity contribution >= 4 is 51.1 Å². The third-order valence-corrected chi connectivity index (χ3v) is 9.63. The average Bonchev–Trinajstić information content (AvgIpc) is 3.72. The van der Waals surface area contributed by atoms with Gasteiger partial charge in [0.25, 0.3) is 0 Å². The minimum absolute atomic E-state index is 0.0722. The lowest BCUT2D eigenvalue weighted by molar-refractivity contribution is -0.128. The van der Waals surface area contributed by atoms with Gasteiger partial charge in [0.1, 0.15) is 11.3 Å². The molecular formula is C32H36ClFN8O. The molecule has 43 heavy (non-hydrogen) atoms. The minimum atomic E-state index is -0.460. The number of nitrogens with zero attached hydrogens (tertiary/aromatic N) is 6. The SMILES string of the molecule is C=CC(=O)N1C[C@H](C)N(c2nc(N3CC(NC)C3)nc3c(F)c(-c4c(C)ccc5n[nH]c(C6CC6)c45)c(Cl)cc23)C[C@H]1C. The summed E-state index contributed by atoms with van der Waals surface area (Å²) in [6.07, 6.45) is 3.53. The van der Waals surface area contributed by atoms with Gasteiger partial charge in [0.15, 0.2) is 5.82 Å². The number of likely N-dealkylation sites (N-methyl/N-ethyl adjacent to an activating group) is 1. The standard InChI is InChI=1S/C32H36ClFN8O/c1-6-24(43)41-12-18(4)42(13-17(41)3)31-21-11-22(33)26(28(34)30(21)36-32(37-31)40-14-20(15-40)35-5)25-16(2)7-10-23-27(25)29(39-38-23)19-8-9-19/h6-7,10-11,17-20,35H,1,8-9,12-15H2,2-5H3,(H,38,39)/t17-,18+/m1/s1. The van der Waals surface area contributed by atoms with E-state index in [9.17, 15) is 4.79 Å². The summed E-state index contributed by atoms with van der Waals surface area (Å²) < 4.78 is 17.1. The lowest BCUT2D eigenvalue weighted by Gasteiger charge is -2.45. The van der Waals surface area contributed by atoms with Crippen molar-refractivity contribution in [1.29, 1.82) is 0 Å². The van der Waals surface area contributed by atoms with E-state index < -0.39 is 5.82 Å². The highest BCUT2D eigenvalue weighted by atomic mass is 35.5. The molecule has 2 atom stereocenters. The summed E-state index contributed by atoms with van der Waals surface area (Å²) in [4.78, 5) is 28.5. The summed E-state index contributed by atoms with van der Waals surface area (Å²) >= 11 is 7.04. The van der Waals surface area contributed by atoms with E-state index in [1.54, 1.807) is 0 Å². The van der Waals surface area contributed by atoms with Crippen molar-refractivity contribution in [2.45, 2.75) is 57.7 Å². The Labute approximate surface area is 255 Å². The van der Waals surface area contributed by atoms with Gasteiger partial charge in [0, 0.05) is 77.8 Å². The number of carbonyl (C=O) groups is 1. The fourth-order valence-electron chi connectivity index (χ4n) is 6.66. The van der Waals surface area contributed by atoms with Crippen LogP contribution in [0.25, 0.3) is 32.9 Å². The Kier molecular flexibility index (Phi) is 6.81. The van der Waals surface area contributed by atoms with Crippen LogP contribution in [0, 0.1) is 12.7 Å². The molecule has 1 aliphatic carbocycles. The second kappa shape index (κ2) is 10.4. The van der Waals surface area contributed by atoms with E-state index in [4.69, 9.17) is 21.6 Å². The molecule has 1 saturated carbocycles. The normalized spacial score (nSPS) is 21.1. The van der Waals surface area contributed by atoms with Crippen LogP contribution in [0.1, 0.15) is 43.9 Å². The predicted octanol–water partition coefficient (Wildman–Crippen LogP) is 5.17. The second-order valence-electron chi connectivity index (χ2n) is 12.3. The number of halogens is 2. The summed E-state index contributed by atoms with van der Waals surface area (Å²) in [5, 5.41) is 12.8. The zero-order valence-electron chi connectivity index (χ0n) is 24.9. The van der Waals surface area contributed by atoms with E-state index in [1.807, 2.05) is 44.0 Å². The van der Waals surface area contributed by atoms with Crippen molar-refractivity contribution in [2.24, 2.45) is 0 Å². The van der Waals surface area contributed by atoms with E-state index in [0.29, 0.717) is 52.8 Å². The van der Waals surface area contributed by atoms with E-state index in [1.165, 1.54) is 6.08 Å². The molecule has 0 unspecified atom stereocenters. The number of piperazine rings is 1. The lowest BCUT2D eigenvalue weighted by Crippen LogP contribution is -2.59. The Hall–Kier alpha value is -3.76. The van der Waals surface area contributed by atoms with E-state index in [2.05, 4.69) is 38.8 Å². The largest absolute Gasteiger partial charge is 0.349 e. The average molecular weight is 603 g/mol. The number of nitrogens with one attached hydrogen (secondary N) is 2. The predicted molar refractivity (Wildman–Crippen MR) is 170 cm³/mol. The monoisotopic (exact) mass is 602 g/mol. The molecule has 1 amide bonds. The molecule has 11 heteroatoms. The van der Waals surface area contributed by atoms with Gasteiger partial charge < -0.3 is 20.0 Å². The number of rotatable bonds is 6. The van der Waals surface area contributed by atoms with E-state index in [0.717, 1.165) is 53.7 Å². The van der Waals surface area contributed by atoms with E-state index >= 15 is 4.39 Å². The molecule has 3 fully saturated rings. The lowest BCUT2D eigenvalue weighted by atomic mass is 9.93. The highest BCUT2D eigenvalue weighted by Gasteiger charge is 2.36. The molecule has 2 aliphatic heterocycles. The van der Waals surface area contributed by atoms with Gasteiger partial charge in [-0.2, -0.15) is 10.1 Å². The summed E-state index contributed by atoms with van der Waals surface area (Å²) in [6.45, 7) is 12.2. The number of amides is 1. The summed E-state index contributed by atoms with van der Waals surface area (Å²) in [6, 6.07) is 5.92. The maximum absolute atomic E-state index is 17.1. The van der Waals surface area contributed by atoms with Crippen LogP contribution in [0.15, 0.2) is 30.9 Å². The molecule has 4 aromatic rings. The number of aryl methyl sites for hydroxylation is 1. The maximum Gasteiger partial charge on any atom is 0.246 e. The number of anilines is 2. The zero-order chi connectivity index (χ0) is 30.2. The second-order valence-corrected chi connectivity index (χ2v) is 12.7. The summed E-state index contributed by atoms with van der Waals surface area (Å²) in [5.41, 5.74) is 4.12. The van der Waals surface area contributed by atoms with Gasteiger partial charge in [-0.25, -0.2) is 9.37 Å². The van der Waals surface area contributed by atoms with Gasteiger partial charge in [0.05, 0.1) is 10.5 Å². The highest BCUT2D eigenvalue weighted by molar-refractivity contribution is 6.35. The van der Waals surface area contributed by atoms with Gasteiger partial charge in [0.2, 0.25) is 11.9 Å². The van der Waals surface area contributed by atoms with Gasteiger partial charge in [-0.15, -0.1) is 0 Å². The topological polar surface area (TPSA) is 93.3 Å². The first-order chi connectivity index (χ1) is 20.7. The van der Waals surface area contributed by atoms with Gasteiger partial charge in [-0.1, -0.05) is 24.2 Å². The number of carbonyl (C=O) groups excluding carboxylic acids is 1. The zero-order valence-corrected chi connectivity index (χ0v) is 25.7. The molecule has 0 bridgehead atoms. The Morgan fingerprint density at radius 2 is 1.91 bits per heavy atom. The number of hydrogen-bond donors (Lipinski definition) is 2. The Bertz CT molecular complexity index is 1780. The molecule has 224 valence electrons. The maximum atomic E-state index is 17.1. The quantitative estimate of drug-likeness (QED) is 0.294. The first-order valence-electron chi connectivity index (χ1n) is 15.0. The molecular weight excluding hydrogens is 567 g/mol. The smallest absolute Gasteiger partial charge is 0.246 e. The molecule has 4 heterocycles. The van der Waals surface area contributed by atoms with Gasteiger partial charge >= 0.3 is 0 Å². The number of aromatic amines is 1. The van der Waals surface area contributed by atoms with Crippen LogP contribution in [0.4, 0.5) is 16.2 Å². The molecule has 2 aromatic carbocycles. The highest BCUT2D eigenvalue weighted by Crippen LogP contribution is 2.48. The molecule has 9 nitrogen and oxygen atoms in total. The van der Waals surface area contributed by atoms with Crippen molar-refractivity contribution in [2.75, 3.05) is 43.0 Å². The number of aromatic nitrogens is 4. The Morgan fingerprint density at radius 3 is 2.60 bits per heavy atom. The van der Waals surface area contributed by atoms with Gasteiger partial charge in [-0.05, 0) is 64.4 Å². The Morgan fingerprint density at radius 1 is 1.14 bits per heavy atom. The third kappa shape index (κ3) is 4.53. The van der Waals surface area contributed by atoms with Crippen molar-refractivity contribution < 1.29 is 9.18 Å². The van der Waals surface area contributed by atoms with Crippen molar-refractivity contribution in [3.63, 3.8) is 0 Å². The molecule has 3 aliphatic rings. The fourth-order valence-corrected chi connectivity index (χ4v) is 6.94.